The predicted molar refractivity (Wildman–Crippen MR) is 139 cm³/mol. The minimum Gasteiger partial charge on any atom is -0.504 e. The molecule has 0 aromatic heterocycles. The minimum atomic E-state index is -1.47. The number of imide groups is 1. The number of ether oxygens (including phenoxy) is 1. The molecule has 3 amide bonds. The van der Waals surface area contributed by atoms with Crippen LogP contribution in [0.3, 0.4) is 0 Å². The minimum absolute atomic E-state index is 0.209. The van der Waals surface area contributed by atoms with Gasteiger partial charge in [-0.2, -0.15) is 0 Å². The summed E-state index contributed by atoms with van der Waals surface area (Å²) in [6.45, 7) is 1.91. The molecule has 0 bridgehead atoms. The van der Waals surface area contributed by atoms with Gasteiger partial charge in [0.25, 0.3) is 0 Å². The Bertz CT molecular complexity index is 1540. The number of amides is 3. The fourth-order valence-corrected chi connectivity index (χ4v) is 6.10. The Labute approximate surface area is 223 Å². The fraction of sp³-hybridized carbons (Fsp3) is 0.241. The van der Waals surface area contributed by atoms with E-state index in [1.807, 2.05) is 0 Å². The number of carbonyl (C=O) groups is 4. The molecule has 0 unspecified atom stereocenters. The quantitative estimate of drug-likeness (QED) is 0.225. The Morgan fingerprint density at radius 3 is 2.44 bits per heavy atom. The highest BCUT2D eigenvalue weighted by Crippen LogP contribution is 2.53. The summed E-state index contributed by atoms with van der Waals surface area (Å²) in [6, 6.07) is 16.8. The van der Waals surface area contributed by atoms with Crippen LogP contribution in [0.5, 0.6) is 11.5 Å². The second kappa shape index (κ2) is 8.95. The topological polar surface area (TPSA) is 145 Å². The van der Waals surface area contributed by atoms with E-state index in [4.69, 9.17) is 4.74 Å². The Morgan fingerprint density at radius 1 is 0.974 bits per heavy atom. The van der Waals surface area contributed by atoms with Gasteiger partial charge in [0.15, 0.2) is 11.5 Å². The number of esters is 1. The summed E-state index contributed by atoms with van der Waals surface area (Å²) in [4.78, 5) is 54.8. The van der Waals surface area contributed by atoms with Gasteiger partial charge < -0.3 is 20.3 Å². The van der Waals surface area contributed by atoms with Crippen LogP contribution in [0.25, 0.3) is 0 Å². The number of rotatable bonds is 5. The molecule has 0 radical (unpaired) electrons. The van der Waals surface area contributed by atoms with Crippen molar-refractivity contribution in [3.8, 4) is 11.5 Å². The molecule has 3 aromatic carbocycles. The average Bonchev–Trinajstić information content (AvgIpc) is 3.50. The highest BCUT2D eigenvalue weighted by molar-refractivity contribution is 6.25. The summed E-state index contributed by atoms with van der Waals surface area (Å²) < 4.78 is 5.02. The van der Waals surface area contributed by atoms with Gasteiger partial charge in [-0.1, -0.05) is 24.3 Å². The molecule has 0 aliphatic carbocycles. The van der Waals surface area contributed by atoms with Crippen molar-refractivity contribution in [1.82, 2.24) is 5.32 Å². The summed E-state index contributed by atoms with van der Waals surface area (Å²) >= 11 is 0. The van der Waals surface area contributed by atoms with Gasteiger partial charge in [0.05, 0.1) is 29.7 Å². The lowest BCUT2D eigenvalue weighted by Crippen LogP contribution is -2.53. The summed E-state index contributed by atoms with van der Waals surface area (Å²) in [5, 5.41) is 26.0. The number of aromatic hydroxyl groups is 2. The predicted octanol–water partition coefficient (Wildman–Crippen LogP) is 2.44. The largest absolute Gasteiger partial charge is 0.504 e. The number of anilines is 2. The SMILES string of the molecule is CCOC(=O)c1ccc(N2C(=O)[C@@H]3[C@@H](C2=O)[C@@]2(N[C@@H]3Cc3ccc(O)c(O)c3)C(=O)Nc3ccccc32)cc1. The zero-order valence-corrected chi connectivity index (χ0v) is 20.9. The molecule has 2 saturated heterocycles. The van der Waals surface area contributed by atoms with Crippen LogP contribution < -0.4 is 15.5 Å². The molecule has 3 heterocycles. The Morgan fingerprint density at radius 2 is 1.72 bits per heavy atom. The maximum atomic E-state index is 14.1. The van der Waals surface area contributed by atoms with Gasteiger partial charge in [-0.25, -0.2) is 9.69 Å². The number of hydrogen-bond donors (Lipinski definition) is 4. The second-order valence-electron chi connectivity index (χ2n) is 9.87. The van der Waals surface area contributed by atoms with E-state index in [1.54, 1.807) is 37.3 Å². The zero-order chi connectivity index (χ0) is 27.5. The Kier molecular flexibility index (Phi) is 5.65. The van der Waals surface area contributed by atoms with E-state index in [-0.39, 0.29) is 35.8 Å². The third kappa shape index (κ3) is 3.59. The molecule has 4 N–H and O–H groups in total. The molecule has 3 aliphatic heterocycles. The van der Waals surface area contributed by atoms with Gasteiger partial charge in [0.1, 0.15) is 5.54 Å². The maximum Gasteiger partial charge on any atom is 0.338 e. The average molecular weight is 528 g/mol. The standard InChI is InChI=1S/C29H25N3O7/c1-2-39-27(37)16-8-10-17(11-9-16)32-25(35)23-20(13-15-7-12-21(33)22(34)14-15)31-29(24(23)26(32)36)18-5-3-4-6-19(18)30-28(29)38/h3-12,14,20,23-24,31,33-34H,2,13H2,1H3,(H,30,38)/t20-,23+,24+,29-/m1/s1. The van der Waals surface area contributed by atoms with Crippen molar-refractivity contribution in [2.75, 3.05) is 16.8 Å². The molecular formula is C29H25N3O7. The van der Waals surface area contributed by atoms with Gasteiger partial charge in [-0.15, -0.1) is 0 Å². The number of carbonyl (C=O) groups excluding carboxylic acids is 4. The first-order valence-corrected chi connectivity index (χ1v) is 12.6. The molecule has 3 aromatic rings. The van der Waals surface area contributed by atoms with Crippen LogP contribution in [-0.4, -0.2) is 46.6 Å². The number of phenolic OH excluding ortho intramolecular Hbond substituents is 2. The van der Waals surface area contributed by atoms with Crippen molar-refractivity contribution in [2.24, 2.45) is 11.8 Å². The number of phenols is 2. The van der Waals surface area contributed by atoms with Crippen LogP contribution in [-0.2, 0) is 31.1 Å². The van der Waals surface area contributed by atoms with E-state index in [1.165, 1.54) is 36.4 Å². The highest BCUT2D eigenvalue weighted by Gasteiger charge is 2.70. The number of nitrogens with zero attached hydrogens (tertiary/aromatic N) is 1. The van der Waals surface area contributed by atoms with Gasteiger partial charge in [-0.3, -0.25) is 19.7 Å². The molecular weight excluding hydrogens is 502 g/mol. The van der Waals surface area contributed by atoms with Crippen molar-refractivity contribution in [3.63, 3.8) is 0 Å². The second-order valence-corrected chi connectivity index (χ2v) is 9.87. The van der Waals surface area contributed by atoms with Crippen molar-refractivity contribution >= 4 is 35.1 Å². The fourth-order valence-electron chi connectivity index (χ4n) is 6.10. The highest BCUT2D eigenvalue weighted by atomic mass is 16.5. The van der Waals surface area contributed by atoms with Crippen LogP contribution in [0, 0.1) is 11.8 Å². The first kappa shape index (κ1) is 24.6. The van der Waals surface area contributed by atoms with Crippen LogP contribution in [0.15, 0.2) is 66.7 Å². The van der Waals surface area contributed by atoms with Crippen LogP contribution in [0.1, 0.15) is 28.4 Å². The van der Waals surface area contributed by atoms with E-state index in [2.05, 4.69) is 10.6 Å². The lowest BCUT2D eigenvalue weighted by atomic mass is 9.76. The molecule has 6 rings (SSSR count). The van der Waals surface area contributed by atoms with Crippen LogP contribution >= 0.6 is 0 Å². The van der Waals surface area contributed by atoms with Crippen LogP contribution in [0.2, 0.25) is 0 Å². The van der Waals surface area contributed by atoms with Crippen molar-refractivity contribution in [3.05, 3.63) is 83.4 Å². The molecule has 2 fully saturated rings. The zero-order valence-electron chi connectivity index (χ0n) is 20.9. The molecule has 0 saturated carbocycles. The summed E-state index contributed by atoms with van der Waals surface area (Å²) in [5.74, 6) is -4.44. The molecule has 198 valence electrons. The van der Waals surface area contributed by atoms with E-state index in [9.17, 15) is 29.4 Å². The Balaban J connectivity index is 1.42. The molecule has 4 atom stereocenters. The number of hydrogen-bond acceptors (Lipinski definition) is 8. The monoisotopic (exact) mass is 527 g/mol. The van der Waals surface area contributed by atoms with Crippen molar-refractivity contribution < 1.29 is 34.1 Å². The van der Waals surface area contributed by atoms with E-state index >= 15 is 0 Å². The lowest BCUT2D eigenvalue weighted by Gasteiger charge is -2.29. The number of fused-ring (bicyclic) bond motifs is 4. The first-order valence-electron chi connectivity index (χ1n) is 12.6. The number of nitrogens with one attached hydrogen (secondary N) is 2. The third-order valence-electron chi connectivity index (χ3n) is 7.75. The molecule has 10 nitrogen and oxygen atoms in total. The number of para-hydroxylation sites is 1. The summed E-state index contributed by atoms with van der Waals surface area (Å²) in [6.07, 6.45) is 0.209. The summed E-state index contributed by atoms with van der Waals surface area (Å²) in [7, 11) is 0. The molecule has 1 spiro atoms. The normalized spacial score (nSPS) is 25.1. The molecule has 10 heteroatoms. The third-order valence-corrected chi connectivity index (χ3v) is 7.75. The van der Waals surface area contributed by atoms with E-state index in [0.717, 1.165) is 4.90 Å². The van der Waals surface area contributed by atoms with E-state index in [0.29, 0.717) is 16.8 Å². The van der Waals surface area contributed by atoms with Gasteiger partial charge >= 0.3 is 5.97 Å². The maximum absolute atomic E-state index is 14.1. The summed E-state index contributed by atoms with van der Waals surface area (Å²) in [5.41, 5.74) is 0.859. The van der Waals surface area contributed by atoms with Crippen LogP contribution in [0.4, 0.5) is 11.4 Å². The van der Waals surface area contributed by atoms with Gasteiger partial charge in [0, 0.05) is 17.3 Å². The van der Waals surface area contributed by atoms with Crippen molar-refractivity contribution in [1.29, 1.82) is 0 Å². The Hall–Kier alpha value is -4.70. The van der Waals surface area contributed by atoms with Crippen molar-refractivity contribution in [2.45, 2.75) is 24.9 Å². The molecule has 39 heavy (non-hydrogen) atoms. The lowest BCUT2D eigenvalue weighted by molar-refractivity contribution is -0.130. The molecule has 3 aliphatic rings. The van der Waals surface area contributed by atoms with Gasteiger partial charge in [-0.05, 0) is 61.4 Å². The first-order chi connectivity index (χ1) is 18.8. The van der Waals surface area contributed by atoms with Gasteiger partial charge in [0.2, 0.25) is 17.7 Å². The van der Waals surface area contributed by atoms with E-state index < -0.39 is 47.1 Å². The smallest absolute Gasteiger partial charge is 0.338 e. The number of benzene rings is 3.